The number of carboxylic acids is 1. The molecule has 0 aromatic carbocycles. The van der Waals surface area contributed by atoms with Gasteiger partial charge in [-0.05, 0) is 26.2 Å². The zero-order valence-corrected chi connectivity index (χ0v) is 11.4. The van der Waals surface area contributed by atoms with Crippen molar-refractivity contribution in [3.63, 3.8) is 0 Å². The minimum Gasteiger partial charge on any atom is -0.480 e. The van der Waals surface area contributed by atoms with Crippen LogP contribution in [0.5, 0.6) is 0 Å². The minimum absolute atomic E-state index is 0.160. The second-order valence-corrected chi connectivity index (χ2v) is 5.01. The quantitative estimate of drug-likeness (QED) is 0.806. The second-order valence-electron chi connectivity index (χ2n) is 4.09. The molecule has 18 heavy (non-hydrogen) atoms. The van der Waals surface area contributed by atoms with Gasteiger partial charge in [0.25, 0.3) is 5.91 Å². The molecular weight excluding hydrogens is 254 g/mol. The summed E-state index contributed by atoms with van der Waals surface area (Å²) in [5.41, 5.74) is 0.232. The van der Waals surface area contributed by atoms with Crippen LogP contribution in [0.4, 0.5) is 0 Å². The van der Waals surface area contributed by atoms with Crippen molar-refractivity contribution >= 4 is 23.6 Å². The Labute approximate surface area is 110 Å². The molecule has 0 aliphatic carbocycles. The fourth-order valence-electron chi connectivity index (χ4n) is 1.32. The van der Waals surface area contributed by atoms with Crippen LogP contribution in [-0.2, 0) is 4.79 Å². The largest absolute Gasteiger partial charge is 0.480 e. The molecular formula is C11H17N3O3S. The van der Waals surface area contributed by atoms with Gasteiger partial charge in [0.15, 0.2) is 0 Å². The highest BCUT2D eigenvalue weighted by molar-refractivity contribution is 7.98. The molecule has 1 aromatic heterocycles. The number of carbonyl (C=O) groups is 2. The fourth-order valence-corrected chi connectivity index (χ4v) is 1.88. The molecule has 0 spiro atoms. The number of carboxylic acid groups (broad SMARTS) is 1. The molecule has 1 aromatic rings. The zero-order valence-electron chi connectivity index (χ0n) is 10.6. The molecule has 0 aliphatic rings. The molecule has 100 valence electrons. The average molecular weight is 271 g/mol. The molecule has 0 fully saturated rings. The molecule has 1 atom stereocenters. The summed E-state index contributed by atoms with van der Waals surface area (Å²) in [4.78, 5) is 22.7. The van der Waals surface area contributed by atoms with E-state index >= 15 is 0 Å². The molecule has 1 heterocycles. The third-order valence-corrected chi connectivity index (χ3v) is 2.97. The van der Waals surface area contributed by atoms with Crippen molar-refractivity contribution < 1.29 is 14.7 Å². The Morgan fingerprint density at radius 1 is 1.56 bits per heavy atom. The van der Waals surface area contributed by atoms with E-state index in [0.29, 0.717) is 5.75 Å². The molecule has 0 radical (unpaired) electrons. The lowest BCUT2D eigenvalue weighted by molar-refractivity contribution is -0.138. The van der Waals surface area contributed by atoms with Crippen LogP contribution in [0.15, 0.2) is 12.3 Å². The van der Waals surface area contributed by atoms with Crippen LogP contribution in [0, 0.1) is 0 Å². The highest BCUT2D eigenvalue weighted by Gasteiger charge is 2.21. The maximum Gasteiger partial charge on any atom is 0.327 e. The smallest absolute Gasteiger partial charge is 0.327 e. The summed E-state index contributed by atoms with van der Waals surface area (Å²) in [6.07, 6.45) is 3.49. The summed E-state index contributed by atoms with van der Waals surface area (Å²) in [7, 11) is 0. The molecule has 0 aliphatic heterocycles. The summed E-state index contributed by atoms with van der Waals surface area (Å²) in [6.45, 7) is 3.89. The lowest BCUT2D eigenvalue weighted by atomic mass is 10.3. The van der Waals surface area contributed by atoms with Gasteiger partial charge in [0, 0.05) is 18.0 Å². The number of aliphatic carboxylic acids is 1. The number of thioether (sulfide) groups is 1. The van der Waals surface area contributed by atoms with E-state index in [1.54, 1.807) is 23.2 Å². The molecule has 6 nitrogen and oxygen atoms in total. The van der Waals surface area contributed by atoms with E-state index in [0.717, 1.165) is 0 Å². The Hall–Kier alpha value is -1.50. The highest BCUT2D eigenvalue weighted by Crippen LogP contribution is 2.05. The standard InChI is InChI=1S/C11H17N3O3S/c1-7(2)14-5-4-8(13-14)10(15)12-9(6-18-3)11(16)17/h4-5,7,9H,6H2,1-3H3,(H,12,15)(H,16,17)/t9-/m0/s1. The first-order valence-electron chi connectivity index (χ1n) is 5.53. The number of hydrogen-bond donors (Lipinski definition) is 2. The highest BCUT2D eigenvalue weighted by atomic mass is 32.2. The van der Waals surface area contributed by atoms with Crippen molar-refractivity contribution in [1.82, 2.24) is 15.1 Å². The topological polar surface area (TPSA) is 84.2 Å². The summed E-state index contributed by atoms with van der Waals surface area (Å²) >= 11 is 1.36. The van der Waals surface area contributed by atoms with E-state index in [1.165, 1.54) is 11.8 Å². The van der Waals surface area contributed by atoms with Crippen molar-refractivity contribution in [2.24, 2.45) is 0 Å². The number of hydrogen-bond acceptors (Lipinski definition) is 4. The molecule has 1 rings (SSSR count). The van der Waals surface area contributed by atoms with Crippen LogP contribution in [-0.4, -0.2) is 44.8 Å². The third-order valence-electron chi connectivity index (χ3n) is 2.31. The van der Waals surface area contributed by atoms with Gasteiger partial charge in [-0.2, -0.15) is 16.9 Å². The predicted octanol–water partition coefficient (Wildman–Crippen LogP) is 1.01. The van der Waals surface area contributed by atoms with Crippen molar-refractivity contribution in [3.05, 3.63) is 18.0 Å². The molecule has 0 saturated heterocycles. The Balaban J connectivity index is 2.71. The molecule has 2 N–H and O–H groups in total. The summed E-state index contributed by atoms with van der Waals surface area (Å²) in [5.74, 6) is -1.18. The van der Waals surface area contributed by atoms with Gasteiger partial charge in [-0.1, -0.05) is 0 Å². The van der Waals surface area contributed by atoms with E-state index in [4.69, 9.17) is 5.11 Å². The van der Waals surface area contributed by atoms with Gasteiger partial charge in [-0.3, -0.25) is 9.48 Å². The predicted molar refractivity (Wildman–Crippen MR) is 69.9 cm³/mol. The maximum absolute atomic E-state index is 11.8. The normalized spacial score (nSPS) is 12.4. The minimum atomic E-state index is -1.04. The molecule has 0 saturated carbocycles. The second kappa shape index (κ2) is 6.44. The fraction of sp³-hybridized carbons (Fsp3) is 0.545. The molecule has 1 amide bonds. The SMILES string of the molecule is CSC[C@H](NC(=O)c1ccn(C(C)C)n1)C(=O)O. The lowest BCUT2D eigenvalue weighted by Gasteiger charge is -2.12. The van der Waals surface area contributed by atoms with Gasteiger partial charge in [-0.25, -0.2) is 4.79 Å². The average Bonchev–Trinajstić information content (AvgIpc) is 2.77. The number of amides is 1. The molecule has 0 unspecified atom stereocenters. The van der Waals surface area contributed by atoms with Crippen molar-refractivity contribution in [2.45, 2.75) is 25.9 Å². The van der Waals surface area contributed by atoms with Crippen LogP contribution in [0.2, 0.25) is 0 Å². The van der Waals surface area contributed by atoms with E-state index in [-0.39, 0.29) is 11.7 Å². The lowest BCUT2D eigenvalue weighted by Crippen LogP contribution is -2.42. The van der Waals surface area contributed by atoms with E-state index in [9.17, 15) is 9.59 Å². The van der Waals surface area contributed by atoms with Gasteiger partial charge < -0.3 is 10.4 Å². The summed E-state index contributed by atoms with van der Waals surface area (Å²) in [6, 6.07) is 0.845. The first-order chi connectivity index (χ1) is 8.45. The van der Waals surface area contributed by atoms with E-state index < -0.39 is 17.9 Å². The van der Waals surface area contributed by atoms with Crippen molar-refractivity contribution in [3.8, 4) is 0 Å². The Morgan fingerprint density at radius 2 is 2.22 bits per heavy atom. The first kappa shape index (κ1) is 14.6. The zero-order chi connectivity index (χ0) is 13.7. The van der Waals surface area contributed by atoms with Crippen LogP contribution >= 0.6 is 11.8 Å². The maximum atomic E-state index is 11.8. The summed E-state index contributed by atoms with van der Waals surface area (Å²) in [5, 5.41) is 15.5. The Kier molecular flexibility index (Phi) is 5.21. The monoisotopic (exact) mass is 271 g/mol. The van der Waals surface area contributed by atoms with Gasteiger partial charge in [0.2, 0.25) is 0 Å². The number of rotatable bonds is 6. The number of nitrogens with one attached hydrogen (secondary N) is 1. The molecule has 7 heteroatoms. The van der Waals surface area contributed by atoms with Gasteiger partial charge >= 0.3 is 5.97 Å². The summed E-state index contributed by atoms with van der Waals surface area (Å²) < 4.78 is 1.65. The van der Waals surface area contributed by atoms with Crippen LogP contribution in [0.25, 0.3) is 0 Å². The van der Waals surface area contributed by atoms with Gasteiger partial charge in [0.1, 0.15) is 11.7 Å². The number of aromatic nitrogens is 2. The van der Waals surface area contributed by atoms with Crippen LogP contribution in [0.3, 0.4) is 0 Å². The van der Waals surface area contributed by atoms with E-state index in [1.807, 2.05) is 13.8 Å². The number of carbonyl (C=O) groups excluding carboxylic acids is 1. The Morgan fingerprint density at radius 3 is 2.67 bits per heavy atom. The number of nitrogens with zero attached hydrogens (tertiary/aromatic N) is 2. The van der Waals surface area contributed by atoms with Gasteiger partial charge in [-0.15, -0.1) is 0 Å². The van der Waals surface area contributed by atoms with Gasteiger partial charge in [0.05, 0.1) is 0 Å². The molecule has 0 bridgehead atoms. The van der Waals surface area contributed by atoms with E-state index in [2.05, 4.69) is 10.4 Å². The third kappa shape index (κ3) is 3.76. The van der Waals surface area contributed by atoms with Crippen molar-refractivity contribution in [1.29, 1.82) is 0 Å². The van der Waals surface area contributed by atoms with Crippen LogP contribution in [0.1, 0.15) is 30.4 Å². The van der Waals surface area contributed by atoms with Crippen molar-refractivity contribution in [2.75, 3.05) is 12.0 Å². The van der Waals surface area contributed by atoms with Crippen LogP contribution < -0.4 is 5.32 Å². The first-order valence-corrected chi connectivity index (χ1v) is 6.92. The Bertz CT molecular complexity index is 431.